The van der Waals surface area contributed by atoms with Crippen LogP contribution in [0, 0.1) is 11.7 Å². The topological polar surface area (TPSA) is 57.7 Å². The van der Waals surface area contributed by atoms with Crippen LogP contribution < -0.4 is 0 Å². The van der Waals surface area contributed by atoms with Crippen molar-refractivity contribution in [2.24, 2.45) is 5.92 Å². The van der Waals surface area contributed by atoms with E-state index in [0.29, 0.717) is 19.4 Å². The van der Waals surface area contributed by atoms with E-state index in [2.05, 4.69) is 0 Å². The monoisotopic (exact) mass is 314 g/mol. The molecule has 7 heteroatoms. The summed E-state index contributed by atoms with van der Waals surface area (Å²) in [5, 5.41) is 0. The molecule has 1 aromatic carbocycles. The first-order chi connectivity index (χ1) is 9.82. The quantitative estimate of drug-likeness (QED) is 0.845. The molecule has 5 nitrogen and oxygen atoms in total. The fourth-order valence-corrected chi connectivity index (χ4v) is 4.01. The molecule has 1 aliphatic heterocycles. The van der Waals surface area contributed by atoms with Crippen LogP contribution in [0.1, 0.15) is 12.8 Å². The fourth-order valence-electron chi connectivity index (χ4n) is 2.48. The van der Waals surface area contributed by atoms with Gasteiger partial charge in [0.15, 0.2) is 0 Å². The summed E-state index contributed by atoms with van der Waals surface area (Å²) in [5.41, 5.74) is 0. The molecule has 0 bridgehead atoms. The van der Waals surface area contributed by atoms with E-state index in [9.17, 15) is 17.6 Å². The third-order valence-corrected chi connectivity index (χ3v) is 5.50. The lowest BCUT2D eigenvalue weighted by Gasteiger charge is -2.32. The van der Waals surface area contributed by atoms with Crippen molar-refractivity contribution >= 4 is 15.9 Å². The van der Waals surface area contributed by atoms with Gasteiger partial charge < -0.3 is 4.90 Å². The molecule has 1 atom stereocenters. The minimum atomic E-state index is -3.68. The van der Waals surface area contributed by atoms with Crippen molar-refractivity contribution in [1.82, 2.24) is 9.21 Å². The second-order valence-electron chi connectivity index (χ2n) is 5.39. The summed E-state index contributed by atoms with van der Waals surface area (Å²) >= 11 is 0. The summed E-state index contributed by atoms with van der Waals surface area (Å²) in [7, 11) is -0.350. The first kappa shape index (κ1) is 15.9. The molecule has 116 valence electrons. The van der Waals surface area contributed by atoms with E-state index in [1.54, 1.807) is 14.1 Å². The van der Waals surface area contributed by atoms with Gasteiger partial charge in [-0.2, -0.15) is 4.31 Å². The SMILES string of the molecule is CN(C)C(=O)[C@@H]1CCCN(S(=O)(=O)c2ccc(F)cc2)C1. The zero-order chi connectivity index (χ0) is 15.6. The molecule has 1 fully saturated rings. The predicted octanol–water partition coefficient (Wildman–Crippen LogP) is 1.31. The second-order valence-corrected chi connectivity index (χ2v) is 7.33. The summed E-state index contributed by atoms with van der Waals surface area (Å²) in [6.07, 6.45) is 1.33. The Morgan fingerprint density at radius 2 is 1.90 bits per heavy atom. The molecule has 21 heavy (non-hydrogen) atoms. The number of rotatable bonds is 3. The third-order valence-electron chi connectivity index (χ3n) is 3.63. The lowest BCUT2D eigenvalue weighted by Crippen LogP contribution is -2.45. The number of halogens is 1. The molecule has 0 N–H and O–H groups in total. The van der Waals surface area contributed by atoms with Gasteiger partial charge >= 0.3 is 0 Å². The second kappa shape index (κ2) is 6.11. The van der Waals surface area contributed by atoms with Crippen molar-refractivity contribution in [3.8, 4) is 0 Å². The molecule has 1 heterocycles. The molecule has 1 saturated heterocycles. The maximum absolute atomic E-state index is 12.9. The molecule has 0 aliphatic carbocycles. The van der Waals surface area contributed by atoms with E-state index in [-0.39, 0.29) is 23.3 Å². The van der Waals surface area contributed by atoms with Gasteiger partial charge in [0.2, 0.25) is 15.9 Å². The summed E-state index contributed by atoms with van der Waals surface area (Å²) in [4.78, 5) is 13.5. The zero-order valence-corrected chi connectivity index (χ0v) is 12.9. The highest BCUT2D eigenvalue weighted by atomic mass is 32.2. The zero-order valence-electron chi connectivity index (χ0n) is 12.1. The summed E-state index contributed by atoms with van der Waals surface area (Å²) < 4.78 is 39.3. The van der Waals surface area contributed by atoms with E-state index in [1.807, 2.05) is 0 Å². The molecule has 1 aromatic rings. The fraction of sp³-hybridized carbons (Fsp3) is 0.500. The van der Waals surface area contributed by atoms with E-state index in [4.69, 9.17) is 0 Å². The number of benzene rings is 1. The number of piperidine rings is 1. The molecule has 0 saturated carbocycles. The van der Waals surface area contributed by atoms with Gasteiger partial charge in [0, 0.05) is 27.2 Å². The van der Waals surface area contributed by atoms with Gasteiger partial charge in [-0.15, -0.1) is 0 Å². The molecule has 0 aromatic heterocycles. The van der Waals surface area contributed by atoms with Crippen molar-refractivity contribution < 1.29 is 17.6 Å². The summed E-state index contributed by atoms with van der Waals surface area (Å²) in [6.45, 7) is 0.563. The van der Waals surface area contributed by atoms with Crippen LogP contribution in [0.25, 0.3) is 0 Å². The largest absolute Gasteiger partial charge is 0.349 e. The number of hydrogen-bond acceptors (Lipinski definition) is 3. The van der Waals surface area contributed by atoms with E-state index in [1.165, 1.54) is 21.3 Å². The van der Waals surface area contributed by atoms with Crippen LogP contribution in [0.5, 0.6) is 0 Å². The normalized spacial score (nSPS) is 20.2. The standard InChI is InChI=1S/C14H19FN2O3S/c1-16(2)14(18)11-4-3-9-17(10-11)21(19,20)13-7-5-12(15)6-8-13/h5-8,11H,3-4,9-10H2,1-2H3/t11-/m1/s1. The van der Waals surface area contributed by atoms with E-state index >= 15 is 0 Å². The molecule has 1 amide bonds. The molecule has 0 radical (unpaired) electrons. The third kappa shape index (κ3) is 3.41. The van der Waals surface area contributed by atoms with Crippen LogP contribution in [-0.4, -0.2) is 50.7 Å². The van der Waals surface area contributed by atoms with E-state index in [0.717, 1.165) is 12.1 Å². The van der Waals surface area contributed by atoms with Crippen LogP contribution in [0.2, 0.25) is 0 Å². The first-order valence-corrected chi connectivity index (χ1v) is 8.23. The molecular weight excluding hydrogens is 295 g/mol. The van der Waals surface area contributed by atoms with Gasteiger partial charge in [0.25, 0.3) is 0 Å². The molecule has 2 rings (SSSR count). The van der Waals surface area contributed by atoms with Crippen molar-refractivity contribution in [3.63, 3.8) is 0 Å². The van der Waals surface area contributed by atoms with Gasteiger partial charge in [-0.25, -0.2) is 12.8 Å². The Balaban J connectivity index is 2.20. The number of hydrogen-bond donors (Lipinski definition) is 0. The summed E-state index contributed by atoms with van der Waals surface area (Å²) in [6, 6.07) is 4.75. The lowest BCUT2D eigenvalue weighted by molar-refractivity contribution is -0.134. The minimum Gasteiger partial charge on any atom is -0.349 e. The van der Waals surface area contributed by atoms with Crippen LogP contribution in [0.4, 0.5) is 4.39 Å². The van der Waals surface area contributed by atoms with Crippen LogP contribution >= 0.6 is 0 Å². The smallest absolute Gasteiger partial charge is 0.243 e. The Kier molecular flexibility index (Phi) is 4.63. The number of sulfonamides is 1. The number of carbonyl (C=O) groups is 1. The Hall–Kier alpha value is -1.47. The van der Waals surface area contributed by atoms with Crippen LogP contribution in [-0.2, 0) is 14.8 Å². The number of nitrogens with zero attached hydrogens (tertiary/aromatic N) is 2. The molecular formula is C14H19FN2O3S. The summed E-state index contributed by atoms with van der Waals surface area (Å²) in [5.74, 6) is -0.855. The van der Waals surface area contributed by atoms with Gasteiger partial charge in [-0.05, 0) is 37.1 Å². The molecule has 1 aliphatic rings. The molecule has 0 spiro atoms. The highest BCUT2D eigenvalue weighted by Gasteiger charge is 2.33. The van der Waals surface area contributed by atoms with Gasteiger partial charge in [-0.3, -0.25) is 4.79 Å². The van der Waals surface area contributed by atoms with Crippen molar-refractivity contribution in [3.05, 3.63) is 30.1 Å². The van der Waals surface area contributed by atoms with Gasteiger partial charge in [0.05, 0.1) is 10.8 Å². The first-order valence-electron chi connectivity index (χ1n) is 6.79. The minimum absolute atomic E-state index is 0.0573. The average molecular weight is 314 g/mol. The van der Waals surface area contributed by atoms with Crippen molar-refractivity contribution in [1.29, 1.82) is 0 Å². The number of carbonyl (C=O) groups excluding carboxylic acids is 1. The van der Waals surface area contributed by atoms with Gasteiger partial charge in [-0.1, -0.05) is 0 Å². The van der Waals surface area contributed by atoms with Crippen molar-refractivity contribution in [2.75, 3.05) is 27.2 Å². The van der Waals surface area contributed by atoms with Gasteiger partial charge in [0.1, 0.15) is 5.82 Å². The number of amides is 1. The Bertz CT molecular complexity index is 614. The van der Waals surface area contributed by atoms with E-state index < -0.39 is 15.8 Å². The van der Waals surface area contributed by atoms with Crippen LogP contribution in [0.3, 0.4) is 0 Å². The van der Waals surface area contributed by atoms with Crippen LogP contribution in [0.15, 0.2) is 29.2 Å². The lowest BCUT2D eigenvalue weighted by atomic mass is 9.98. The van der Waals surface area contributed by atoms with Crippen molar-refractivity contribution in [2.45, 2.75) is 17.7 Å². The average Bonchev–Trinajstić information content (AvgIpc) is 2.47. The predicted molar refractivity (Wildman–Crippen MR) is 76.6 cm³/mol. The Labute approximate surface area is 124 Å². The highest BCUT2D eigenvalue weighted by molar-refractivity contribution is 7.89. The Morgan fingerprint density at radius 3 is 2.48 bits per heavy atom. The molecule has 0 unspecified atom stereocenters. The maximum atomic E-state index is 12.9. The highest BCUT2D eigenvalue weighted by Crippen LogP contribution is 2.24. The Morgan fingerprint density at radius 1 is 1.29 bits per heavy atom. The maximum Gasteiger partial charge on any atom is 0.243 e.